The van der Waals surface area contributed by atoms with Crippen LogP contribution in [0.2, 0.25) is 0 Å². The Labute approximate surface area is 149 Å². The lowest BCUT2D eigenvalue weighted by Crippen LogP contribution is -2.24. The van der Waals surface area contributed by atoms with Crippen LogP contribution >= 0.6 is 0 Å². The predicted molar refractivity (Wildman–Crippen MR) is 101 cm³/mol. The fraction of sp³-hybridized carbons (Fsp3) is 0.0952. The molecule has 5 heteroatoms. The number of para-hydroxylation sites is 1. The van der Waals surface area contributed by atoms with Crippen LogP contribution in [0.5, 0.6) is 0 Å². The molecule has 26 heavy (non-hydrogen) atoms. The van der Waals surface area contributed by atoms with Crippen molar-refractivity contribution in [3.63, 3.8) is 0 Å². The molecule has 4 aromatic rings. The van der Waals surface area contributed by atoms with Crippen LogP contribution in [0, 0.1) is 6.92 Å². The van der Waals surface area contributed by atoms with E-state index in [2.05, 4.69) is 10.3 Å². The highest BCUT2D eigenvalue weighted by Crippen LogP contribution is 2.11. The monoisotopic (exact) mass is 343 g/mol. The summed E-state index contributed by atoms with van der Waals surface area (Å²) in [6, 6.07) is 18.5. The normalized spacial score (nSPS) is 11.0. The summed E-state index contributed by atoms with van der Waals surface area (Å²) >= 11 is 0. The van der Waals surface area contributed by atoms with Crippen molar-refractivity contribution in [2.45, 2.75) is 13.5 Å². The van der Waals surface area contributed by atoms with Gasteiger partial charge in [-0.2, -0.15) is 0 Å². The molecule has 128 valence electrons. The molecule has 0 bridgehead atoms. The summed E-state index contributed by atoms with van der Waals surface area (Å²) in [7, 11) is 0. The Balaban J connectivity index is 1.67. The highest BCUT2D eigenvalue weighted by molar-refractivity contribution is 5.94. The second kappa shape index (κ2) is 6.44. The number of nitrogens with zero attached hydrogens (tertiary/aromatic N) is 2. The zero-order chi connectivity index (χ0) is 18.1. The number of pyridine rings is 1. The molecule has 5 nitrogen and oxygen atoms in total. The van der Waals surface area contributed by atoms with Gasteiger partial charge in [-0.25, -0.2) is 4.98 Å². The van der Waals surface area contributed by atoms with Gasteiger partial charge in [0.05, 0.1) is 16.5 Å². The molecule has 2 aromatic carbocycles. The fourth-order valence-corrected chi connectivity index (χ4v) is 2.97. The van der Waals surface area contributed by atoms with Crippen molar-refractivity contribution in [1.29, 1.82) is 0 Å². The average molecular weight is 343 g/mol. The summed E-state index contributed by atoms with van der Waals surface area (Å²) in [5.74, 6) is -0.227. The first-order chi connectivity index (χ1) is 12.6. The Morgan fingerprint density at radius 2 is 1.81 bits per heavy atom. The lowest BCUT2D eigenvalue weighted by Gasteiger charge is -2.09. The van der Waals surface area contributed by atoms with E-state index in [1.54, 1.807) is 36.5 Å². The van der Waals surface area contributed by atoms with Gasteiger partial charge in [0, 0.05) is 12.7 Å². The summed E-state index contributed by atoms with van der Waals surface area (Å²) in [5, 5.41) is 3.43. The van der Waals surface area contributed by atoms with Gasteiger partial charge in [0.1, 0.15) is 5.65 Å². The number of amides is 1. The van der Waals surface area contributed by atoms with Gasteiger partial charge in [-0.3, -0.25) is 14.0 Å². The van der Waals surface area contributed by atoms with Crippen molar-refractivity contribution in [3.8, 4) is 0 Å². The van der Waals surface area contributed by atoms with E-state index < -0.39 is 0 Å². The first kappa shape index (κ1) is 16.0. The van der Waals surface area contributed by atoms with Crippen LogP contribution in [0.25, 0.3) is 16.6 Å². The number of hydrogen-bond acceptors (Lipinski definition) is 3. The lowest BCUT2D eigenvalue weighted by molar-refractivity contribution is 0.0950. The van der Waals surface area contributed by atoms with Gasteiger partial charge in [-0.15, -0.1) is 0 Å². The zero-order valence-corrected chi connectivity index (χ0v) is 14.3. The molecule has 0 spiro atoms. The molecule has 1 N–H and O–H groups in total. The highest BCUT2D eigenvalue weighted by Gasteiger charge is 2.10. The van der Waals surface area contributed by atoms with Crippen molar-refractivity contribution in [3.05, 3.63) is 93.9 Å². The van der Waals surface area contributed by atoms with Gasteiger partial charge in [-0.1, -0.05) is 36.4 Å². The second-order valence-corrected chi connectivity index (χ2v) is 6.19. The summed E-state index contributed by atoms with van der Waals surface area (Å²) in [5.41, 5.74) is 3.59. The Morgan fingerprint density at radius 3 is 2.65 bits per heavy atom. The predicted octanol–water partition coefficient (Wildman–Crippen LogP) is 3.09. The summed E-state index contributed by atoms with van der Waals surface area (Å²) in [4.78, 5) is 29.7. The third kappa shape index (κ3) is 2.84. The number of hydrogen-bond donors (Lipinski definition) is 1. The molecule has 2 heterocycles. The number of carbonyl (C=O) groups is 1. The fourth-order valence-electron chi connectivity index (χ4n) is 2.97. The Kier molecular flexibility index (Phi) is 3.97. The van der Waals surface area contributed by atoms with Crippen LogP contribution in [-0.2, 0) is 6.54 Å². The lowest BCUT2D eigenvalue weighted by atomic mass is 10.1. The molecule has 0 aliphatic rings. The van der Waals surface area contributed by atoms with Crippen molar-refractivity contribution in [1.82, 2.24) is 14.7 Å². The first-order valence-electron chi connectivity index (χ1n) is 8.37. The molecule has 0 atom stereocenters. The summed E-state index contributed by atoms with van der Waals surface area (Å²) in [6.45, 7) is 2.45. The van der Waals surface area contributed by atoms with E-state index in [-0.39, 0.29) is 11.5 Å². The standard InChI is InChI=1S/C21H17N3O2/c1-14-6-2-3-7-15(14)12-22-20(25)16-10-11-19-23-18-9-5-4-8-17(18)21(26)24(19)13-16/h2-11,13H,12H2,1H3,(H,22,25). The van der Waals surface area contributed by atoms with Gasteiger partial charge in [-0.05, 0) is 42.3 Å². The van der Waals surface area contributed by atoms with Crippen LogP contribution < -0.4 is 10.9 Å². The van der Waals surface area contributed by atoms with Gasteiger partial charge in [0.15, 0.2) is 0 Å². The summed E-state index contributed by atoms with van der Waals surface area (Å²) < 4.78 is 1.42. The Morgan fingerprint density at radius 1 is 1.04 bits per heavy atom. The topological polar surface area (TPSA) is 63.5 Å². The van der Waals surface area contributed by atoms with E-state index in [0.29, 0.717) is 28.7 Å². The Bertz CT molecular complexity index is 1190. The van der Waals surface area contributed by atoms with Crippen LogP contribution in [-0.4, -0.2) is 15.3 Å². The van der Waals surface area contributed by atoms with Gasteiger partial charge < -0.3 is 5.32 Å². The number of rotatable bonds is 3. The second-order valence-electron chi connectivity index (χ2n) is 6.19. The molecule has 0 aliphatic carbocycles. The first-order valence-corrected chi connectivity index (χ1v) is 8.37. The minimum absolute atomic E-state index is 0.181. The quantitative estimate of drug-likeness (QED) is 0.582. The number of aryl methyl sites for hydroxylation is 1. The third-order valence-corrected chi connectivity index (χ3v) is 4.48. The van der Waals surface area contributed by atoms with Crippen LogP contribution in [0.4, 0.5) is 0 Å². The molecular formula is C21H17N3O2. The maximum absolute atomic E-state index is 12.7. The van der Waals surface area contributed by atoms with Crippen LogP contribution in [0.15, 0.2) is 71.7 Å². The van der Waals surface area contributed by atoms with E-state index in [0.717, 1.165) is 11.1 Å². The van der Waals surface area contributed by atoms with E-state index in [4.69, 9.17) is 0 Å². The van der Waals surface area contributed by atoms with E-state index >= 15 is 0 Å². The molecule has 2 aromatic heterocycles. The van der Waals surface area contributed by atoms with Crippen molar-refractivity contribution in [2.75, 3.05) is 0 Å². The number of nitrogens with one attached hydrogen (secondary N) is 1. The van der Waals surface area contributed by atoms with E-state index in [1.165, 1.54) is 4.40 Å². The average Bonchev–Trinajstić information content (AvgIpc) is 2.67. The highest BCUT2D eigenvalue weighted by atomic mass is 16.1. The van der Waals surface area contributed by atoms with Crippen LogP contribution in [0.1, 0.15) is 21.5 Å². The number of carbonyl (C=O) groups excluding carboxylic acids is 1. The van der Waals surface area contributed by atoms with Crippen LogP contribution in [0.3, 0.4) is 0 Å². The molecule has 0 fully saturated rings. The Hall–Kier alpha value is -3.47. The molecule has 1 amide bonds. The van der Waals surface area contributed by atoms with E-state index in [9.17, 15) is 9.59 Å². The number of benzene rings is 2. The maximum atomic E-state index is 12.7. The largest absolute Gasteiger partial charge is 0.348 e. The minimum Gasteiger partial charge on any atom is -0.348 e. The molecule has 0 radical (unpaired) electrons. The molecule has 0 aliphatic heterocycles. The van der Waals surface area contributed by atoms with Gasteiger partial charge in [0.25, 0.3) is 11.5 Å². The van der Waals surface area contributed by atoms with E-state index in [1.807, 2.05) is 37.3 Å². The summed E-state index contributed by atoms with van der Waals surface area (Å²) in [6.07, 6.45) is 1.55. The molecule has 0 saturated carbocycles. The number of fused-ring (bicyclic) bond motifs is 2. The zero-order valence-electron chi connectivity index (χ0n) is 14.3. The third-order valence-electron chi connectivity index (χ3n) is 4.48. The molecule has 0 saturated heterocycles. The van der Waals surface area contributed by atoms with Crippen molar-refractivity contribution >= 4 is 22.5 Å². The molecule has 0 unspecified atom stereocenters. The van der Waals surface area contributed by atoms with Gasteiger partial charge >= 0.3 is 0 Å². The smallest absolute Gasteiger partial charge is 0.265 e. The minimum atomic E-state index is -0.227. The van der Waals surface area contributed by atoms with Crippen molar-refractivity contribution in [2.24, 2.45) is 0 Å². The SMILES string of the molecule is Cc1ccccc1CNC(=O)c1ccc2nc3ccccc3c(=O)n2c1. The molecular weight excluding hydrogens is 326 g/mol. The number of aromatic nitrogens is 2. The maximum Gasteiger partial charge on any atom is 0.265 e. The van der Waals surface area contributed by atoms with Crippen molar-refractivity contribution < 1.29 is 4.79 Å². The van der Waals surface area contributed by atoms with Gasteiger partial charge in [0.2, 0.25) is 0 Å². The molecule has 4 rings (SSSR count).